The number of hydrogen-bond acceptors (Lipinski definition) is 4. The smallest absolute Gasteiger partial charge is 0.248 e. The fraction of sp³-hybridized carbons (Fsp3) is 0.348. The maximum Gasteiger partial charge on any atom is 0.248 e. The van der Waals surface area contributed by atoms with E-state index in [2.05, 4.69) is 5.32 Å². The topological polar surface area (TPSA) is 75.7 Å². The first-order valence-corrected chi connectivity index (χ1v) is 11.5. The van der Waals surface area contributed by atoms with E-state index in [1.807, 2.05) is 32.0 Å². The van der Waals surface area contributed by atoms with Crippen molar-refractivity contribution in [1.82, 2.24) is 4.31 Å². The highest BCUT2D eigenvalue weighted by molar-refractivity contribution is 7.89. The Morgan fingerprint density at radius 3 is 2.47 bits per heavy atom. The third-order valence-corrected chi connectivity index (χ3v) is 7.11. The van der Waals surface area contributed by atoms with Gasteiger partial charge in [0.2, 0.25) is 15.9 Å². The number of rotatable bonds is 6. The molecule has 0 radical (unpaired) electrons. The molecule has 0 atom stereocenters. The minimum atomic E-state index is -3.65. The number of methoxy groups -OCH3 is 1. The molecule has 0 bridgehead atoms. The number of nitrogens with zero attached hydrogens (tertiary/aromatic N) is 1. The van der Waals surface area contributed by atoms with Crippen LogP contribution in [0, 0.1) is 13.8 Å². The zero-order valence-corrected chi connectivity index (χ0v) is 18.5. The molecule has 1 N–H and O–H groups in total. The minimum Gasteiger partial charge on any atom is -0.495 e. The Bertz CT molecular complexity index is 1050. The number of ether oxygens (including phenoxy) is 1. The van der Waals surface area contributed by atoms with Crippen LogP contribution in [0.5, 0.6) is 5.75 Å². The maximum absolute atomic E-state index is 13.1. The summed E-state index contributed by atoms with van der Waals surface area (Å²) in [5.41, 5.74) is 3.47. The molecular formula is C23H28N2O4S. The summed E-state index contributed by atoms with van der Waals surface area (Å²) in [4.78, 5) is 12.5. The largest absolute Gasteiger partial charge is 0.495 e. The zero-order valence-electron chi connectivity index (χ0n) is 17.6. The third kappa shape index (κ3) is 5.09. The van der Waals surface area contributed by atoms with Gasteiger partial charge in [-0.15, -0.1) is 0 Å². The fourth-order valence-corrected chi connectivity index (χ4v) is 5.25. The number of sulfonamides is 1. The summed E-state index contributed by atoms with van der Waals surface area (Å²) in [6.07, 6.45) is 5.77. The number of hydrogen-bond donors (Lipinski definition) is 1. The van der Waals surface area contributed by atoms with Crippen LogP contribution in [-0.4, -0.2) is 38.8 Å². The molecule has 7 heteroatoms. The van der Waals surface area contributed by atoms with Crippen molar-refractivity contribution in [2.24, 2.45) is 0 Å². The van der Waals surface area contributed by atoms with Gasteiger partial charge in [0.1, 0.15) is 10.6 Å². The quantitative estimate of drug-likeness (QED) is 0.702. The molecule has 6 nitrogen and oxygen atoms in total. The molecule has 1 aliphatic heterocycles. The van der Waals surface area contributed by atoms with Gasteiger partial charge in [0.25, 0.3) is 0 Å². The second-order valence-electron chi connectivity index (χ2n) is 7.52. The van der Waals surface area contributed by atoms with Crippen molar-refractivity contribution in [3.63, 3.8) is 0 Å². The number of carbonyl (C=O) groups is 1. The maximum atomic E-state index is 13.1. The Labute approximate surface area is 178 Å². The van der Waals surface area contributed by atoms with E-state index in [0.29, 0.717) is 24.4 Å². The van der Waals surface area contributed by atoms with Gasteiger partial charge in [-0.2, -0.15) is 4.31 Å². The molecule has 1 aliphatic rings. The second kappa shape index (κ2) is 9.45. The van der Waals surface area contributed by atoms with Gasteiger partial charge in [-0.3, -0.25) is 4.79 Å². The van der Waals surface area contributed by atoms with Crippen LogP contribution in [0.25, 0.3) is 6.08 Å². The number of benzene rings is 2. The summed E-state index contributed by atoms with van der Waals surface area (Å²) in [7, 11) is -2.19. The Kier molecular flexibility index (Phi) is 6.95. The summed E-state index contributed by atoms with van der Waals surface area (Å²) in [6.45, 7) is 4.97. The van der Waals surface area contributed by atoms with E-state index in [0.717, 1.165) is 36.1 Å². The lowest BCUT2D eigenvalue weighted by atomic mass is 10.1. The average Bonchev–Trinajstić information content (AvgIpc) is 2.74. The molecule has 0 spiro atoms. The predicted octanol–water partition coefficient (Wildman–Crippen LogP) is 4.14. The molecule has 3 rings (SSSR count). The summed E-state index contributed by atoms with van der Waals surface area (Å²) >= 11 is 0. The van der Waals surface area contributed by atoms with Crippen molar-refractivity contribution in [2.75, 3.05) is 25.5 Å². The van der Waals surface area contributed by atoms with Crippen LogP contribution in [0.2, 0.25) is 0 Å². The monoisotopic (exact) mass is 428 g/mol. The van der Waals surface area contributed by atoms with Gasteiger partial charge < -0.3 is 10.1 Å². The van der Waals surface area contributed by atoms with Crippen molar-refractivity contribution in [1.29, 1.82) is 0 Å². The number of piperidine rings is 1. The van der Waals surface area contributed by atoms with Gasteiger partial charge in [-0.25, -0.2) is 8.42 Å². The lowest BCUT2D eigenvalue weighted by Crippen LogP contribution is -2.35. The van der Waals surface area contributed by atoms with E-state index in [9.17, 15) is 13.2 Å². The van der Waals surface area contributed by atoms with E-state index < -0.39 is 10.0 Å². The number of nitrogens with one attached hydrogen (secondary N) is 1. The Morgan fingerprint density at radius 2 is 1.80 bits per heavy atom. The molecule has 2 aromatic carbocycles. The second-order valence-corrected chi connectivity index (χ2v) is 9.42. The van der Waals surface area contributed by atoms with Gasteiger partial charge in [0, 0.05) is 24.9 Å². The highest BCUT2D eigenvalue weighted by Crippen LogP contribution is 2.30. The summed E-state index contributed by atoms with van der Waals surface area (Å²) in [5, 5.41) is 2.85. The van der Waals surface area contributed by atoms with Crippen LogP contribution >= 0.6 is 0 Å². The van der Waals surface area contributed by atoms with Crippen LogP contribution in [0.4, 0.5) is 5.69 Å². The molecular weight excluding hydrogens is 400 g/mol. The predicted molar refractivity (Wildman–Crippen MR) is 119 cm³/mol. The standard InChI is InChI=1S/C23H28N2O4S/c1-17-7-10-20(18(2)15-17)24-23(26)12-9-19-8-11-21(29-3)22(16-19)30(27,28)25-13-5-4-6-14-25/h7-12,15-16H,4-6,13-14H2,1-3H3,(H,24,26). The highest BCUT2D eigenvalue weighted by Gasteiger charge is 2.29. The molecule has 0 unspecified atom stereocenters. The molecule has 160 valence electrons. The summed E-state index contributed by atoms with van der Waals surface area (Å²) in [6, 6.07) is 10.7. The van der Waals surface area contributed by atoms with Gasteiger partial charge in [0.15, 0.2) is 0 Å². The van der Waals surface area contributed by atoms with E-state index >= 15 is 0 Å². The van der Waals surface area contributed by atoms with Gasteiger partial charge in [-0.1, -0.05) is 30.2 Å². The Balaban J connectivity index is 1.81. The van der Waals surface area contributed by atoms with Crippen molar-refractivity contribution >= 4 is 27.7 Å². The van der Waals surface area contributed by atoms with Crippen LogP contribution in [0.1, 0.15) is 36.0 Å². The number of amides is 1. The molecule has 2 aromatic rings. The Hall–Kier alpha value is -2.64. The van der Waals surface area contributed by atoms with Crippen LogP contribution < -0.4 is 10.1 Å². The van der Waals surface area contributed by atoms with Crippen molar-refractivity contribution in [3.05, 3.63) is 59.2 Å². The normalized spacial score (nSPS) is 15.3. The van der Waals surface area contributed by atoms with Gasteiger partial charge in [-0.05, 0) is 62.1 Å². The SMILES string of the molecule is COc1ccc(C=CC(=O)Nc2ccc(C)cc2C)cc1S(=O)(=O)N1CCCCC1. The minimum absolute atomic E-state index is 0.129. The number of aryl methyl sites for hydroxylation is 2. The summed E-state index contributed by atoms with van der Waals surface area (Å²) < 4.78 is 33.0. The van der Waals surface area contributed by atoms with E-state index in [-0.39, 0.29) is 10.8 Å². The molecule has 0 aliphatic carbocycles. The van der Waals surface area contributed by atoms with Crippen LogP contribution in [-0.2, 0) is 14.8 Å². The van der Waals surface area contributed by atoms with E-state index in [4.69, 9.17) is 4.74 Å². The molecule has 0 saturated carbocycles. The van der Waals surface area contributed by atoms with Crippen molar-refractivity contribution in [2.45, 2.75) is 38.0 Å². The van der Waals surface area contributed by atoms with E-state index in [1.54, 1.807) is 24.3 Å². The first-order chi connectivity index (χ1) is 14.3. The Morgan fingerprint density at radius 1 is 1.07 bits per heavy atom. The van der Waals surface area contributed by atoms with E-state index in [1.165, 1.54) is 17.5 Å². The lowest BCUT2D eigenvalue weighted by Gasteiger charge is -2.26. The highest BCUT2D eigenvalue weighted by atomic mass is 32.2. The van der Waals surface area contributed by atoms with Crippen molar-refractivity contribution < 1.29 is 17.9 Å². The fourth-order valence-electron chi connectivity index (χ4n) is 3.54. The zero-order chi connectivity index (χ0) is 21.7. The molecule has 30 heavy (non-hydrogen) atoms. The molecule has 1 saturated heterocycles. The molecule has 1 heterocycles. The lowest BCUT2D eigenvalue weighted by molar-refractivity contribution is -0.111. The molecule has 0 aromatic heterocycles. The van der Waals surface area contributed by atoms with Crippen LogP contribution in [0.15, 0.2) is 47.4 Å². The van der Waals surface area contributed by atoms with Crippen LogP contribution in [0.3, 0.4) is 0 Å². The molecule has 1 amide bonds. The number of carbonyl (C=O) groups excluding carboxylic acids is 1. The van der Waals surface area contributed by atoms with Gasteiger partial charge in [0.05, 0.1) is 7.11 Å². The number of anilines is 1. The average molecular weight is 429 g/mol. The summed E-state index contributed by atoms with van der Waals surface area (Å²) in [5.74, 6) is 0.0238. The third-order valence-electron chi connectivity index (χ3n) is 5.19. The first kappa shape index (κ1) is 22.1. The first-order valence-electron chi connectivity index (χ1n) is 10.1. The van der Waals surface area contributed by atoms with Crippen molar-refractivity contribution in [3.8, 4) is 5.75 Å². The molecule has 1 fully saturated rings. The van der Waals surface area contributed by atoms with Gasteiger partial charge >= 0.3 is 0 Å².